The number of hydrogen-bond acceptors (Lipinski definition) is 2. The first-order valence-corrected chi connectivity index (χ1v) is 4.32. The van der Waals surface area contributed by atoms with Crippen molar-refractivity contribution in [1.82, 2.24) is 5.32 Å². The third-order valence-corrected chi connectivity index (χ3v) is 1.44. The van der Waals surface area contributed by atoms with E-state index >= 15 is 0 Å². The van der Waals surface area contributed by atoms with Gasteiger partial charge in [-0.25, -0.2) is 4.79 Å². The van der Waals surface area contributed by atoms with Crippen molar-refractivity contribution >= 4 is 5.97 Å². The monoisotopic (exact) mass is 235 g/mol. The van der Waals surface area contributed by atoms with E-state index in [0.717, 1.165) is 18.2 Å². The van der Waals surface area contributed by atoms with Gasteiger partial charge >= 0.3 is 12.1 Å². The molecule has 2 N–H and O–H groups in total. The van der Waals surface area contributed by atoms with E-state index in [-0.39, 0.29) is 5.56 Å². The molecular formula is C10H12F3NO2. The van der Waals surface area contributed by atoms with Gasteiger partial charge < -0.3 is 10.4 Å². The van der Waals surface area contributed by atoms with E-state index in [1.807, 2.05) is 14.1 Å². The maximum Gasteiger partial charge on any atom is 0.416 e. The second-order valence-corrected chi connectivity index (χ2v) is 2.88. The van der Waals surface area contributed by atoms with Crippen LogP contribution in [-0.4, -0.2) is 25.2 Å². The Balaban J connectivity index is 0.000000673. The number of halogens is 3. The molecule has 1 aromatic rings. The Morgan fingerprint density at radius 3 is 2.19 bits per heavy atom. The number of benzene rings is 1. The maximum atomic E-state index is 12.0. The lowest BCUT2D eigenvalue weighted by molar-refractivity contribution is -0.137. The lowest BCUT2D eigenvalue weighted by Crippen LogP contribution is -2.06. The summed E-state index contributed by atoms with van der Waals surface area (Å²) in [6, 6.07) is 3.60. The number of carboxylic acids is 1. The van der Waals surface area contributed by atoms with Crippen LogP contribution in [-0.2, 0) is 6.18 Å². The molecule has 1 aromatic carbocycles. The number of hydrogen-bond donors (Lipinski definition) is 2. The Morgan fingerprint density at radius 1 is 1.31 bits per heavy atom. The minimum absolute atomic E-state index is 0.366. The number of carbonyl (C=O) groups is 1. The van der Waals surface area contributed by atoms with Gasteiger partial charge in [-0.05, 0) is 32.3 Å². The fraction of sp³-hybridized carbons (Fsp3) is 0.300. The molecule has 90 valence electrons. The van der Waals surface area contributed by atoms with Gasteiger partial charge in [0.15, 0.2) is 0 Å². The van der Waals surface area contributed by atoms with Crippen molar-refractivity contribution in [3.63, 3.8) is 0 Å². The molecule has 16 heavy (non-hydrogen) atoms. The van der Waals surface area contributed by atoms with Crippen LogP contribution in [0, 0.1) is 0 Å². The first-order chi connectivity index (χ1) is 7.32. The van der Waals surface area contributed by atoms with Crippen LogP contribution in [0.4, 0.5) is 13.2 Å². The molecule has 0 heterocycles. The summed E-state index contributed by atoms with van der Waals surface area (Å²) in [5.41, 5.74) is -1.32. The zero-order valence-corrected chi connectivity index (χ0v) is 8.80. The number of aromatic carboxylic acids is 1. The molecular weight excluding hydrogens is 223 g/mol. The van der Waals surface area contributed by atoms with Crippen molar-refractivity contribution in [3.05, 3.63) is 35.4 Å². The molecule has 0 saturated carbocycles. The summed E-state index contributed by atoms with van der Waals surface area (Å²) >= 11 is 0. The third-order valence-electron chi connectivity index (χ3n) is 1.44. The molecule has 3 nitrogen and oxygen atoms in total. The van der Waals surface area contributed by atoms with E-state index < -0.39 is 17.7 Å². The van der Waals surface area contributed by atoms with Gasteiger partial charge in [0.2, 0.25) is 0 Å². The molecule has 0 amide bonds. The first kappa shape index (κ1) is 14.4. The molecule has 0 atom stereocenters. The van der Waals surface area contributed by atoms with Gasteiger partial charge in [0.05, 0.1) is 11.1 Å². The van der Waals surface area contributed by atoms with E-state index in [1.165, 1.54) is 0 Å². The molecule has 0 bridgehead atoms. The molecule has 0 aromatic heterocycles. The van der Waals surface area contributed by atoms with Gasteiger partial charge in [-0.1, -0.05) is 6.07 Å². The second kappa shape index (κ2) is 6.12. The lowest BCUT2D eigenvalue weighted by atomic mass is 10.1. The molecule has 0 aliphatic carbocycles. The SMILES string of the molecule is CNC.O=C(O)c1cccc(C(F)(F)F)c1. The van der Waals surface area contributed by atoms with Crippen molar-refractivity contribution in [2.24, 2.45) is 0 Å². The number of carboxylic acid groups (broad SMARTS) is 1. The highest BCUT2D eigenvalue weighted by Crippen LogP contribution is 2.29. The van der Waals surface area contributed by atoms with E-state index in [4.69, 9.17) is 5.11 Å². The number of rotatable bonds is 1. The Bertz CT molecular complexity index is 350. The van der Waals surface area contributed by atoms with Gasteiger partial charge in [-0.3, -0.25) is 0 Å². The van der Waals surface area contributed by atoms with Crippen LogP contribution >= 0.6 is 0 Å². The van der Waals surface area contributed by atoms with E-state index in [0.29, 0.717) is 6.07 Å². The highest BCUT2D eigenvalue weighted by Gasteiger charge is 2.30. The van der Waals surface area contributed by atoms with E-state index in [1.54, 1.807) is 0 Å². The Labute approximate surface area is 90.9 Å². The molecule has 0 fully saturated rings. The predicted octanol–water partition coefficient (Wildman–Crippen LogP) is 2.24. The Kier molecular flexibility index (Phi) is 5.52. The van der Waals surface area contributed by atoms with Crippen molar-refractivity contribution in [2.75, 3.05) is 14.1 Å². The van der Waals surface area contributed by atoms with Crippen molar-refractivity contribution in [1.29, 1.82) is 0 Å². The summed E-state index contributed by atoms with van der Waals surface area (Å²) in [7, 11) is 3.75. The Morgan fingerprint density at radius 2 is 1.81 bits per heavy atom. The van der Waals surface area contributed by atoms with Crippen LogP contribution < -0.4 is 5.32 Å². The van der Waals surface area contributed by atoms with Gasteiger partial charge in [-0.2, -0.15) is 13.2 Å². The first-order valence-electron chi connectivity index (χ1n) is 4.32. The fourth-order valence-electron chi connectivity index (χ4n) is 0.829. The molecule has 0 unspecified atom stereocenters. The van der Waals surface area contributed by atoms with Gasteiger partial charge in [0.1, 0.15) is 0 Å². The smallest absolute Gasteiger partial charge is 0.416 e. The zero-order chi connectivity index (χ0) is 12.8. The van der Waals surface area contributed by atoms with Crippen LogP contribution in [0.5, 0.6) is 0 Å². The van der Waals surface area contributed by atoms with E-state index in [9.17, 15) is 18.0 Å². The summed E-state index contributed by atoms with van der Waals surface area (Å²) in [5.74, 6) is -1.37. The average molecular weight is 235 g/mol. The molecule has 6 heteroatoms. The van der Waals surface area contributed by atoms with Gasteiger partial charge in [0, 0.05) is 0 Å². The summed E-state index contributed by atoms with van der Waals surface area (Å²) in [4.78, 5) is 10.3. The average Bonchev–Trinajstić information content (AvgIpc) is 2.18. The lowest BCUT2D eigenvalue weighted by Gasteiger charge is -2.06. The van der Waals surface area contributed by atoms with Crippen molar-refractivity contribution < 1.29 is 23.1 Å². The molecule has 0 aliphatic rings. The van der Waals surface area contributed by atoms with Crippen LogP contribution in [0.2, 0.25) is 0 Å². The second-order valence-electron chi connectivity index (χ2n) is 2.88. The van der Waals surface area contributed by atoms with Crippen molar-refractivity contribution in [3.8, 4) is 0 Å². The highest BCUT2D eigenvalue weighted by atomic mass is 19.4. The normalized spacial score (nSPS) is 10.3. The molecule has 0 aliphatic heterocycles. The molecule has 0 radical (unpaired) electrons. The predicted molar refractivity (Wildman–Crippen MR) is 53.4 cm³/mol. The quantitative estimate of drug-likeness (QED) is 0.784. The molecule has 1 rings (SSSR count). The van der Waals surface area contributed by atoms with Crippen LogP contribution in [0.25, 0.3) is 0 Å². The topological polar surface area (TPSA) is 49.3 Å². The van der Waals surface area contributed by atoms with Crippen LogP contribution in [0.1, 0.15) is 15.9 Å². The summed E-state index contributed by atoms with van der Waals surface area (Å²) in [6.07, 6.45) is -4.49. The third kappa shape index (κ3) is 4.79. The molecule has 0 saturated heterocycles. The van der Waals surface area contributed by atoms with Gasteiger partial charge in [-0.15, -0.1) is 0 Å². The summed E-state index contributed by atoms with van der Waals surface area (Å²) in [5, 5.41) is 11.2. The summed E-state index contributed by atoms with van der Waals surface area (Å²) in [6.45, 7) is 0. The van der Waals surface area contributed by atoms with Crippen LogP contribution in [0.15, 0.2) is 24.3 Å². The minimum Gasteiger partial charge on any atom is -0.478 e. The summed E-state index contributed by atoms with van der Waals surface area (Å²) < 4.78 is 36.1. The minimum atomic E-state index is -4.49. The standard InChI is InChI=1S/C8H5F3O2.C2H7N/c9-8(10,11)6-3-1-2-5(4-6)7(12)13;1-3-2/h1-4H,(H,12,13);3H,1-2H3. The largest absolute Gasteiger partial charge is 0.478 e. The highest BCUT2D eigenvalue weighted by molar-refractivity contribution is 5.87. The zero-order valence-electron chi connectivity index (χ0n) is 8.80. The van der Waals surface area contributed by atoms with E-state index in [2.05, 4.69) is 5.32 Å². The van der Waals surface area contributed by atoms with Crippen LogP contribution in [0.3, 0.4) is 0 Å². The maximum absolute atomic E-state index is 12.0. The molecule has 0 spiro atoms. The van der Waals surface area contributed by atoms with Crippen molar-refractivity contribution in [2.45, 2.75) is 6.18 Å². The fourth-order valence-corrected chi connectivity index (χ4v) is 0.829. The number of alkyl halides is 3. The number of nitrogens with one attached hydrogen (secondary N) is 1. The Hall–Kier alpha value is -1.56. The van der Waals surface area contributed by atoms with Gasteiger partial charge in [0.25, 0.3) is 0 Å².